The first-order valence-electron chi connectivity index (χ1n) is 10.1. The summed E-state index contributed by atoms with van der Waals surface area (Å²) in [6.45, 7) is 2.02. The molecule has 1 unspecified atom stereocenters. The summed E-state index contributed by atoms with van der Waals surface area (Å²) in [6.07, 6.45) is 1.95. The van der Waals surface area contributed by atoms with E-state index in [4.69, 9.17) is 10.5 Å². The van der Waals surface area contributed by atoms with Crippen LogP contribution in [0.1, 0.15) is 17.5 Å². The van der Waals surface area contributed by atoms with E-state index in [1.807, 2.05) is 18.2 Å². The lowest BCUT2D eigenvalue weighted by Gasteiger charge is -2.14. The fraction of sp³-hybridized carbons (Fsp3) is 0.364. The first-order valence-corrected chi connectivity index (χ1v) is 10.9. The van der Waals surface area contributed by atoms with Gasteiger partial charge in [-0.3, -0.25) is 9.59 Å². The fourth-order valence-electron chi connectivity index (χ4n) is 3.28. The van der Waals surface area contributed by atoms with E-state index in [2.05, 4.69) is 10.3 Å². The minimum atomic E-state index is -0.385. The van der Waals surface area contributed by atoms with Crippen molar-refractivity contribution in [3.8, 4) is 11.5 Å². The Bertz CT molecular complexity index is 1060. The molecule has 6 N–H and O–H groups in total. The number of benzene rings is 2. The number of ether oxygens (including phenoxy) is 1. The Hall–Kier alpha value is -2.88. The minimum Gasteiger partial charge on any atom is -0.508 e. The standard InChI is InChI=1S/C22H27N3O5S/c23-21(28)16(13-30-12-9-14-1-4-17(26)5-2-14)8-11-24-10-7-15-3-6-18(27)19-20(15)31-22(29)25-19/h1-6,16,24,26-27H,7-13H2,(H2,23,28)(H,25,29). The Labute approximate surface area is 183 Å². The predicted molar refractivity (Wildman–Crippen MR) is 121 cm³/mol. The first kappa shape index (κ1) is 22.8. The topological polar surface area (TPSA) is 138 Å². The summed E-state index contributed by atoms with van der Waals surface area (Å²) in [5.74, 6) is -0.462. The smallest absolute Gasteiger partial charge is 0.305 e. The normalized spacial score (nSPS) is 12.3. The third-order valence-electron chi connectivity index (χ3n) is 5.07. The van der Waals surface area contributed by atoms with E-state index in [0.29, 0.717) is 44.5 Å². The van der Waals surface area contributed by atoms with E-state index in [-0.39, 0.29) is 34.8 Å². The summed E-state index contributed by atoms with van der Waals surface area (Å²) in [4.78, 5) is 25.7. The van der Waals surface area contributed by atoms with Gasteiger partial charge in [0.1, 0.15) is 17.0 Å². The number of phenolic OH excluding ortho intramolecular Hbond substituents is 2. The Morgan fingerprint density at radius 3 is 2.65 bits per heavy atom. The molecule has 8 nitrogen and oxygen atoms in total. The van der Waals surface area contributed by atoms with Gasteiger partial charge >= 0.3 is 4.87 Å². The highest BCUT2D eigenvalue weighted by Crippen LogP contribution is 2.27. The Morgan fingerprint density at radius 1 is 1.13 bits per heavy atom. The molecule has 1 atom stereocenters. The van der Waals surface area contributed by atoms with Crippen molar-refractivity contribution >= 4 is 27.5 Å². The number of carbonyl (C=O) groups excluding carboxylic acids is 1. The van der Waals surface area contributed by atoms with Gasteiger partial charge in [-0.1, -0.05) is 29.5 Å². The minimum absolute atomic E-state index is 0.0692. The van der Waals surface area contributed by atoms with Crippen molar-refractivity contribution in [2.45, 2.75) is 19.3 Å². The molecular formula is C22H27N3O5S. The largest absolute Gasteiger partial charge is 0.508 e. The number of rotatable bonds is 12. The molecule has 0 aliphatic carbocycles. The van der Waals surface area contributed by atoms with Crippen molar-refractivity contribution in [3.05, 3.63) is 57.2 Å². The zero-order chi connectivity index (χ0) is 22.2. The molecule has 9 heteroatoms. The highest BCUT2D eigenvalue weighted by Gasteiger charge is 2.15. The number of H-pyrrole nitrogens is 1. The second-order valence-corrected chi connectivity index (χ2v) is 8.32. The number of phenols is 2. The molecule has 31 heavy (non-hydrogen) atoms. The van der Waals surface area contributed by atoms with Crippen LogP contribution in [0.2, 0.25) is 0 Å². The number of nitrogens with one attached hydrogen (secondary N) is 2. The highest BCUT2D eigenvalue weighted by atomic mass is 32.1. The third-order valence-corrected chi connectivity index (χ3v) is 6.03. The van der Waals surface area contributed by atoms with Crippen LogP contribution in [0.4, 0.5) is 0 Å². The van der Waals surface area contributed by atoms with Crippen molar-refractivity contribution in [3.63, 3.8) is 0 Å². The fourth-order valence-corrected chi connectivity index (χ4v) is 4.18. The maximum Gasteiger partial charge on any atom is 0.305 e. The Kier molecular flexibility index (Phi) is 8.05. The van der Waals surface area contributed by atoms with Crippen molar-refractivity contribution in [2.75, 3.05) is 26.3 Å². The number of aromatic hydroxyl groups is 2. The molecule has 3 rings (SSSR count). The Balaban J connectivity index is 1.38. The monoisotopic (exact) mass is 445 g/mol. The molecule has 166 valence electrons. The van der Waals surface area contributed by atoms with Crippen LogP contribution in [0, 0.1) is 5.92 Å². The highest BCUT2D eigenvalue weighted by molar-refractivity contribution is 7.16. The number of hydrogen-bond acceptors (Lipinski definition) is 7. The predicted octanol–water partition coefficient (Wildman–Crippen LogP) is 1.88. The van der Waals surface area contributed by atoms with Gasteiger partial charge in [-0.2, -0.15) is 0 Å². The zero-order valence-electron chi connectivity index (χ0n) is 17.1. The number of hydrogen-bond donors (Lipinski definition) is 5. The summed E-state index contributed by atoms with van der Waals surface area (Å²) in [7, 11) is 0. The van der Waals surface area contributed by atoms with Crippen LogP contribution in [0.5, 0.6) is 11.5 Å². The van der Waals surface area contributed by atoms with E-state index in [1.165, 1.54) is 0 Å². The molecule has 0 spiro atoms. The summed E-state index contributed by atoms with van der Waals surface area (Å²) >= 11 is 1.09. The second-order valence-electron chi connectivity index (χ2n) is 7.34. The number of fused-ring (bicyclic) bond motifs is 1. The average Bonchev–Trinajstić information content (AvgIpc) is 3.14. The molecule has 3 aromatic rings. The number of primary amides is 1. The van der Waals surface area contributed by atoms with E-state index >= 15 is 0 Å². The first-order chi connectivity index (χ1) is 14.9. The molecule has 0 bridgehead atoms. The van der Waals surface area contributed by atoms with Crippen LogP contribution >= 0.6 is 11.3 Å². The number of nitrogens with two attached hydrogens (primary N) is 1. The Morgan fingerprint density at radius 2 is 1.90 bits per heavy atom. The maximum absolute atomic E-state index is 11.7. The maximum atomic E-state index is 11.7. The molecule has 1 heterocycles. The van der Waals surface area contributed by atoms with Crippen LogP contribution < -0.4 is 15.9 Å². The van der Waals surface area contributed by atoms with E-state index < -0.39 is 0 Å². The lowest BCUT2D eigenvalue weighted by Crippen LogP contribution is -2.31. The molecule has 0 saturated carbocycles. The summed E-state index contributed by atoms with van der Waals surface area (Å²) in [5.41, 5.74) is 8.01. The number of amides is 1. The van der Waals surface area contributed by atoms with Crippen LogP contribution in [-0.2, 0) is 22.4 Å². The molecule has 1 amide bonds. The van der Waals surface area contributed by atoms with Crippen molar-refractivity contribution in [2.24, 2.45) is 11.7 Å². The molecule has 0 fully saturated rings. The zero-order valence-corrected chi connectivity index (χ0v) is 17.9. The van der Waals surface area contributed by atoms with Gasteiger partial charge in [0, 0.05) is 0 Å². The lowest BCUT2D eigenvalue weighted by atomic mass is 10.1. The van der Waals surface area contributed by atoms with Crippen LogP contribution in [0.15, 0.2) is 41.2 Å². The van der Waals surface area contributed by atoms with Crippen LogP contribution in [0.3, 0.4) is 0 Å². The van der Waals surface area contributed by atoms with Gasteiger partial charge in [-0.15, -0.1) is 0 Å². The number of carbonyl (C=O) groups is 1. The quantitative estimate of drug-likeness (QED) is 0.270. The molecule has 2 aromatic carbocycles. The SMILES string of the molecule is NC(=O)C(CCNCCc1ccc(O)c2[nH]c(=O)sc12)COCCc1ccc(O)cc1. The van der Waals surface area contributed by atoms with Crippen molar-refractivity contribution in [1.29, 1.82) is 0 Å². The van der Waals surface area contributed by atoms with E-state index in [1.54, 1.807) is 18.2 Å². The summed E-state index contributed by atoms with van der Waals surface area (Å²) in [5, 5.41) is 22.4. The number of aromatic amines is 1. The van der Waals surface area contributed by atoms with Gasteiger partial charge in [0.05, 0.1) is 23.8 Å². The van der Waals surface area contributed by atoms with Crippen molar-refractivity contribution < 1.29 is 19.7 Å². The molecule has 0 aliphatic rings. The van der Waals surface area contributed by atoms with E-state index in [0.717, 1.165) is 27.2 Å². The van der Waals surface area contributed by atoms with Gasteiger partial charge < -0.3 is 31.0 Å². The van der Waals surface area contributed by atoms with Crippen LogP contribution in [-0.4, -0.2) is 47.4 Å². The number of thiazole rings is 1. The molecule has 1 aromatic heterocycles. The van der Waals surface area contributed by atoms with Gasteiger partial charge in [0.25, 0.3) is 0 Å². The van der Waals surface area contributed by atoms with Gasteiger partial charge in [-0.25, -0.2) is 0 Å². The van der Waals surface area contributed by atoms with Crippen molar-refractivity contribution in [1.82, 2.24) is 10.3 Å². The molecule has 0 radical (unpaired) electrons. The molecule has 0 aliphatic heterocycles. The van der Waals surface area contributed by atoms with E-state index in [9.17, 15) is 19.8 Å². The summed E-state index contributed by atoms with van der Waals surface area (Å²) in [6, 6.07) is 10.3. The molecule has 0 saturated heterocycles. The lowest BCUT2D eigenvalue weighted by molar-refractivity contribution is -0.123. The second kappa shape index (κ2) is 10.9. The van der Waals surface area contributed by atoms with Crippen LogP contribution in [0.25, 0.3) is 10.2 Å². The van der Waals surface area contributed by atoms with Gasteiger partial charge in [0.15, 0.2) is 0 Å². The van der Waals surface area contributed by atoms with Gasteiger partial charge in [0.2, 0.25) is 5.91 Å². The molecular weight excluding hydrogens is 418 g/mol. The summed E-state index contributed by atoms with van der Waals surface area (Å²) < 4.78 is 6.40. The average molecular weight is 446 g/mol. The third kappa shape index (κ3) is 6.55. The van der Waals surface area contributed by atoms with Gasteiger partial charge in [-0.05, 0) is 61.7 Å². The number of aromatic nitrogens is 1.